The number of pyridine rings is 1. The fourth-order valence-electron chi connectivity index (χ4n) is 2.59. The van der Waals surface area contributed by atoms with Gasteiger partial charge in [0.25, 0.3) is 0 Å². The van der Waals surface area contributed by atoms with Crippen molar-refractivity contribution in [3.05, 3.63) is 30.1 Å². The summed E-state index contributed by atoms with van der Waals surface area (Å²) in [5, 5.41) is 3.51. The molecule has 0 aromatic carbocycles. The molecule has 0 aliphatic carbocycles. The number of aromatic nitrogens is 2. The fourth-order valence-corrected chi connectivity index (χ4v) is 2.59. The standard InChI is InChI=1S/C17H28N4/c1-13(2)18-11-14-16(20(6)12-17(3,4)5)19-15-9-7-8-10-21(14)15/h7-10,13,18H,11-12H2,1-6H3. The molecule has 0 saturated heterocycles. The summed E-state index contributed by atoms with van der Waals surface area (Å²) in [7, 11) is 2.13. The Hall–Kier alpha value is -1.55. The molecule has 0 atom stereocenters. The topological polar surface area (TPSA) is 32.6 Å². The first-order valence-electron chi connectivity index (χ1n) is 7.68. The average molecular weight is 288 g/mol. The van der Waals surface area contributed by atoms with E-state index in [-0.39, 0.29) is 5.41 Å². The molecule has 0 bridgehead atoms. The zero-order chi connectivity index (χ0) is 15.6. The van der Waals surface area contributed by atoms with Crippen molar-refractivity contribution in [2.75, 3.05) is 18.5 Å². The molecule has 116 valence electrons. The summed E-state index contributed by atoms with van der Waals surface area (Å²) in [6, 6.07) is 6.62. The van der Waals surface area contributed by atoms with Crippen LogP contribution in [0.4, 0.5) is 5.82 Å². The van der Waals surface area contributed by atoms with Crippen LogP contribution in [-0.2, 0) is 6.54 Å². The Balaban J connectivity index is 2.38. The zero-order valence-electron chi connectivity index (χ0n) is 14.1. The second kappa shape index (κ2) is 6.06. The second-order valence-corrected chi connectivity index (χ2v) is 7.26. The van der Waals surface area contributed by atoms with E-state index >= 15 is 0 Å². The van der Waals surface area contributed by atoms with Crippen LogP contribution < -0.4 is 10.2 Å². The van der Waals surface area contributed by atoms with Crippen LogP contribution >= 0.6 is 0 Å². The highest BCUT2D eigenvalue weighted by Gasteiger charge is 2.20. The molecule has 2 rings (SSSR count). The number of anilines is 1. The zero-order valence-corrected chi connectivity index (χ0v) is 14.1. The molecule has 0 unspecified atom stereocenters. The van der Waals surface area contributed by atoms with Crippen LogP contribution in [-0.4, -0.2) is 29.0 Å². The molecule has 0 amide bonds. The van der Waals surface area contributed by atoms with Gasteiger partial charge in [-0.3, -0.25) is 0 Å². The Labute approximate surface area is 128 Å². The molecule has 21 heavy (non-hydrogen) atoms. The largest absolute Gasteiger partial charge is 0.358 e. The van der Waals surface area contributed by atoms with Crippen molar-refractivity contribution in [1.29, 1.82) is 0 Å². The molecule has 0 spiro atoms. The quantitative estimate of drug-likeness (QED) is 0.916. The molecule has 0 aliphatic heterocycles. The molecular weight excluding hydrogens is 260 g/mol. The van der Waals surface area contributed by atoms with Crippen LogP contribution in [0.1, 0.15) is 40.3 Å². The van der Waals surface area contributed by atoms with Crippen molar-refractivity contribution < 1.29 is 0 Å². The van der Waals surface area contributed by atoms with Gasteiger partial charge >= 0.3 is 0 Å². The third kappa shape index (κ3) is 3.97. The molecule has 4 nitrogen and oxygen atoms in total. The van der Waals surface area contributed by atoms with Gasteiger partial charge in [0.1, 0.15) is 5.65 Å². The first-order valence-corrected chi connectivity index (χ1v) is 7.68. The van der Waals surface area contributed by atoms with Gasteiger partial charge in [-0.05, 0) is 17.5 Å². The van der Waals surface area contributed by atoms with E-state index < -0.39 is 0 Å². The first-order chi connectivity index (χ1) is 9.78. The molecule has 2 heterocycles. The van der Waals surface area contributed by atoms with Gasteiger partial charge in [-0.2, -0.15) is 0 Å². The van der Waals surface area contributed by atoms with Crippen molar-refractivity contribution in [3.8, 4) is 0 Å². The van der Waals surface area contributed by atoms with E-state index in [4.69, 9.17) is 4.98 Å². The van der Waals surface area contributed by atoms with E-state index in [1.807, 2.05) is 6.07 Å². The Kier molecular flexibility index (Phi) is 4.57. The summed E-state index contributed by atoms with van der Waals surface area (Å²) in [5.41, 5.74) is 2.48. The van der Waals surface area contributed by atoms with Crippen molar-refractivity contribution in [2.45, 2.75) is 47.2 Å². The van der Waals surface area contributed by atoms with Gasteiger partial charge in [-0.25, -0.2) is 4.98 Å². The minimum absolute atomic E-state index is 0.243. The van der Waals surface area contributed by atoms with Crippen LogP contribution in [0.25, 0.3) is 5.65 Å². The summed E-state index contributed by atoms with van der Waals surface area (Å²) < 4.78 is 2.18. The van der Waals surface area contributed by atoms with Gasteiger partial charge in [0.2, 0.25) is 0 Å². The Morgan fingerprint density at radius 1 is 1.29 bits per heavy atom. The second-order valence-electron chi connectivity index (χ2n) is 7.26. The number of hydrogen-bond donors (Lipinski definition) is 1. The van der Waals surface area contributed by atoms with Gasteiger partial charge in [-0.15, -0.1) is 0 Å². The van der Waals surface area contributed by atoms with E-state index in [0.717, 1.165) is 24.6 Å². The van der Waals surface area contributed by atoms with Gasteiger partial charge < -0.3 is 14.6 Å². The Morgan fingerprint density at radius 2 is 2.00 bits per heavy atom. The first kappa shape index (κ1) is 15.8. The lowest BCUT2D eigenvalue weighted by Gasteiger charge is -2.27. The highest BCUT2D eigenvalue weighted by molar-refractivity contribution is 5.55. The summed E-state index contributed by atoms with van der Waals surface area (Å²) in [4.78, 5) is 7.09. The van der Waals surface area contributed by atoms with Crippen LogP contribution in [0.15, 0.2) is 24.4 Å². The predicted octanol–water partition coefficient (Wildman–Crippen LogP) is 3.31. The lowest BCUT2D eigenvalue weighted by Crippen LogP contribution is -2.31. The van der Waals surface area contributed by atoms with Gasteiger partial charge in [0.15, 0.2) is 5.82 Å². The Morgan fingerprint density at radius 3 is 2.62 bits per heavy atom. The van der Waals surface area contributed by atoms with Crippen molar-refractivity contribution in [3.63, 3.8) is 0 Å². The molecule has 0 saturated carbocycles. The lowest BCUT2D eigenvalue weighted by atomic mass is 9.96. The third-order valence-corrected chi connectivity index (χ3v) is 3.36. The maximum atomic E-state index is 4.82. The van der Waals surface area contributed by atoms with E-state index in [1.54, 1.807) is 0 Å². The summed E-state index contributed by atoms with van der Waals surface area (Å²) in [6.45, 7) is 12.9. The summed E-state index contributed by atoms with van der Waals surface area (Å²) in [6.07, 6.45) is 2.09. The Bertz CT molecular complexity index is 592. The van der Waals surface area contributed by atoms with Crippen molar-refractivity contribution >= 4 is 11.5 Å². The molecule has 0 radical (unpaired) electrons. The number of nitrogens with one attached hydrogen (secondary N) is 1. The smallest absolute Gasteiger partial charge is 0.152 e. The molecule has 2 aromatic heterocycles. The van der Waals surface area contributed by atoms with Gasteiger partial charge in [0, 0.05) is 32.4 Å². The lowest BCUT2D eigenvalue weighted by molar-refractivity contribution is 0.417. The molecule has 2 aromatic rings. The van der Waals surface area contributed by atoms with E-state index in [9.17, 15) is 0 Å². The molecule has 4 heteroatoms. The number of fused-ring (bicyclic) bond motifs is 1. The average Bonchev–Trinajstić information content (AvgIpc) is 2.73. The maximum absolute atomic E-state index is 4.82. The van der Waals surface area contributed by atoms with Crippen molar-refractivity contribution in [2.24, 2.45) is 5.41 Å². The number of hydrogen-bond acceptors (Lipinski definition) is 3. The minimum Gasteiger partial charge on any atom is -0.358 e. The van der Waals surface area contributed by atoms with Crippen LogP contribution in [0, 0.1) is 5.41 Å². The van der Waals surface area contributed by atoms with E-state index in [1.165, 1.54) is 5.69 Å². The summed E-state index contributed by atoms with van der Waals surface area (Å²) >= 11 is 0. The molecule has 0 aliphatic rings. The fraction of sp³-hybridized carbons (Fsp3) is 0.588. The monoisotopic (exact) mass is 288 g/mol. The molecular formula is C17H28N4. The predicted molar refractivity (Wildman–Crippen MR) is 89.9 cm³/mol. The molecule has 0 fully saturated rings. The molecule has 1 N–H and O–H groups in total. The van der Waals surface area contributed by atoms with Crippen LogP contribution in [0.3, 0.4) is 0 Å². The van der Waals surface area contributed by atoms with Gasteiger partial charge in [0.05, 0.1) is 5.69 Å². The third-order valence-electron chi connectivity index (χ3n) is 3.36. The van der Waals surface area contributed by atoms with Crippen LogP contribution in [0.2, 0.25) is 0 Å². The van der Waals surface area contributed by atoms with Crippen LogP contribution in [0.5, 0.6) is 0 Å². The van der Waals surface area contributed by atoms with Gasteiger partial charge in [-0.1, -0.05) is 40.7 Å². The minimum atomic E-state index is 0.243. The van der Waals surface area contributed by atoms with E-state index in [0.29, 0.717) is 6.04 Å². The number of nitrogens with zero attached hydrogens (tertiary/aromatic N) is 3. The maximum Gasteiger partial charge on any atom is 0.152 e. The number of imidazole rings is 1. The highest BCUT2D eigenvalue weighted by atomic mass is 15.2. The van der Waals surface area contributed by atoms with E-state index in [2.05, 4.69) is 74.6 Å². The summed E-state index contributed by atoms with van der Waals surface area (Å²) in [5.74, 6) is 1.07. The normalized spacial score (nSPS) is 12.3. The van der Waals surface area contributed by atoms with Crippen molar-refractivity contribution in [1.82, 2.24) is 14.7 Å². The highest BCUT2D eigenvalue weighted by Crippen LogP contribution is 2.24. The number of rotatable bonds is 5. The SMILES string of the molecule is CC(C)NCc1c(N(C)CC(C)(C)C)nc2ccccn12.